The number of benzene rings is 2. The minimum atomic E-state index is -6.05. The maximum Gasteiger partial charge on any atom is 0.435 e. The summed E-state index contributed by atoms with van der Waals surface area (Å²) in [7, 11) is -3.54. The highest BCUT2D eigenvalue weighted by Crippen LogP contribution is 2.54. The predicted molar refractivity (Wildman–Crippen MR) is 131 cm³/mol. The van der Waals surface area contributed by atoms with E-state index in [4.69, 9.17) is 5.11 Å². The van der Waals surface area contributed by atoms with E-state index in [1.54, 1.807) is 4.90 Å². The van der Waals surface area contributed by atoms with Crippen LogP contribution < -0.4 is 0 Å². The van der Waals surface area contributed by atoms with Gasteiger partial charge in [0.1, 0.15) is 5.82 Å². The molecule has 0 atom stereocenters. The largest absolute Gasteiger partial charge is 0.481 e. The van der Waals surface area contributed by atoms with Crippen molar-refractivity contribution < 1.29 is 58.2 Å². The Morgan fingerprint density at radius 3 is 1.76 bits per heavy atom. The van der Waals surface area contributed by atoms with Crippen LogP contribution in [0.3, 0.4) is 0 Å². The van der Waals surface area contributed by atoms with Crippen LogP contribution in [-0.2, 0) is 25.1 Å². The number of carbonyl (C=O) groups is 2. The molecule has 3 fully saturated rings. The van der Waals surface area contributed by atoms with E-state index < -0.39 is 50.5 Å². The molecule has 0 bridgehead atoms. The highest BCUT2D eigenvalue weighted by molar-refractivity contribution is 7.92. The molecule has 0 radical (unpaired) electrons. The average Bonchev–Trinajstić information content (AvgIpc) is 2.80. The summed E-state index contributed by atoms with van der Waals surface area (Å²) in [6.45, 7) is 1.17. The number of rotatable bonds is 5. The van der Waals surface area contributed by atoms with Crippen LogP contribution in [0.25, 0.3) is 0 Å². The molecule has 5 rings (SSSR count). The highest BCUT2D eigenvalue weighted by atomic mass is 32.2. The van der Waals surface area contributed by atoms with Gasteiger partial charge in [0.05, 0.1) is 16.1 Å². The summed E-state index contributed by atoms with van der Waals surface area (Å²) in [5.41, 5.74) is -6.83. The molecule has 1 N–H and O–H groups in total. The molecule has 42 heavy (non-hydrogen) atoms. The number of sulfone groups is 1. The number of nitrogens with zero attached hydrogens (tertiary/aromatic N) is 1. The zero-order valence-electron chi connectivity index (χ0n) is 21.6. The molecule has 2 saturated carbocycles. The van der Waals surface area contributed by atoms with Gasteiger partial charge in [-0.3, -0.25) is 9.59 Å². The Labute approximate surface area is 235 Å². The standard InChI is InChI=1S/C18H20FNO5S.C9H5F7/c19-13-1-3-14(4-2-13)26(24,25)15-5-11(6-15)16(21)20-9-18(10-20)7-12(8-18)17(22)23;10-7(8(11,12)13,9(14,15)16)6-4-2-1-3-5-6/h1-4,11-12,15H,5-10H2,(H,22,23);1-5H. The van der Waals surface area contributed by atoms with Crippen molar-refractivity contribution in [2.45, 2.75) is 53.9 Å². The first-order chi connectivity index (χ1) is 19.3. The van der Waals surface area contributed by atoms with Gasteiger partial charge in [0.2, 0.25) is 5.91 Å². The van der Waals surface area contributed by atoms with E-state index in [0.29, 0.717) is 50.9 Å². The summed E-state index contributed by atoms with van der Waals surface area (Å²) < 4.78 is 124. The molecule has 1 amide bonds. The Hall–Kier alpha value is -3.23. The molecule has 6 nitrogen and oxygen atoms in total. The van der Waals surface area contributed by atoms with Crippen LogP contribution in [0, 0.1) is 23.1 Å². The van der Waals surface area contributed by atoms with Gasteiger partial charge in [0, 0.05) is 30.0 Å². The fraction of sp³-hybridized carbons (Fsp3) is 0.481. The third kappa shape index (κ3) is 5.71. The molecular weight excluding hydrogens is 602 g/mol. The molecule has 1 heterocycles. The lowest BCUT2D eigenvalue weighted by Crippen LogP contribution is -2.66. The topological polar surface area (TPSA) is 91.8 Å². The van der Waals surface area contributed by atoms with Gasteiger partial charge < -0.3 is 10.0 Å². The van der Waals surface area contributed by atoms with Crippen molar-refractivity contribution in [3.8, 4) is 0 Å². The number of carbonyl (C=O) groups excluding carboxylic acids is 1. The van der Waals surface area contributed by atoms with E-state index in [1.807, 2.05) is 0 Å². The Balaban J connectivity index is 0.000000219. The number of amides is 1. The molecule has 2 aromatic carbocycles. The van der Waals surface area contributed by atoms with Crippen LogP contribution in [-0.4, -0.2) is 61.0 Å². The zero-order chi connectivity index (χ0) is 31.3. The lowest BCUT2D eigenvalue weighted by Gasteiger charge is -2.59. The van der Waals surface area contributed by atoms with Crippen molar-refractivity contribution >= 4 is 21.7 Å². The molecule has 3 aliphatic rings. The lowest BCUT2D eigenvalue weighted by atomic mass is 9.57. The van der Waals surface area contributed by atoms with Crippen LogP contribution in [0.4, 0.5) is 35.1 Å². The van der Waals surface area contributed by atoms with Crippen LogP contribution >= 0.6 is 0 Å². The van der Waals surface area contributed by atoms with Crippen molar-refractivity contribution in [1.82, 2.24) is 4.90 Å². The second kappa shape index (κ2) is 10.8. The molecular formula is C27H25F8NO5S. The van der Waals surface area contributed by atoms with E-state index in [2.05, 4.69) is 0 Å². The highest BCUT2D eigenvalue weighted by Gasteiger charge is 2.73. The second-order valence-corrected chi connectivity index (χ2v) is 13.2. The summed E-state index contributed by atoms with van der Waals surface area (Å²) in [6.07, 6.45) is -10.3. The van der Waals surface area contributed by atoms with Crippen molar-refractivity contribution in [2.75, 3.05) is 13.1 Å². The monoisotopic (exact) mass is 627 g/mol. The van der Waals surface area contributed by atoms with Gasteiger partial charge in [-0.1, -0.05) is 30.3 Å². The summed E-state index contributed by atoms with van der Waals surface area (Å²) in [4.78, 5) is 25.2. The van der Waals surface area contributed by atoms with Gasteiger partial charge in [0.25, 0.3) is 0 Å². The first-order valence-corrected chi connectivity index (χ1v) is 14.2. The number of carboxylic acid groups (broad SMARTS) is 1. The summed E-state index contributed by atoms with van der Waals surface area (Å²) in [6, 6.07) is 8.65. The number of aliphatic carboxylic acids is 1. The fourth-order valence-electron chi connectivity index (χ4n) is 5.59. The fourth-order valence-corrected chi connectivity index (χ4v) is 7.46. The van der Waals surface area contributed by atoms with Gasteiger partial charge in [-0.05, 0) is 49.9 Å². The van der Waals surface area contributed by atoms with E-state index in [-0.39, 0.29) is 28.1 Å². The third-order valence-electron chi connectivity index (χ3n) is 8.05. The van der Waals surface area contributed by atoms with Gasteiger partial charge >= 0.3 is 24.0 Å². The lowest BCUT2D eigenvalue weighted by molar-refractivity contribution is -0.348. The summed E-state index contributed by atoms with van der Waals surface area (Å²) >= 11 is 0. The van der Waals surface area contributed by atoms with Crippen molar-refractivity contribution in [1.29, 1.82) is 0 Å². The maximum atomic E-state index is 13.3. The number of carboxylic acids is 1. The first kappa shape index (κ1) is 31.7. The molecule has 230 valence electrons. The van der Waals surface area contributed by atoms with Crippen molar-refractivity contribution in [2.24, 2.45) is 17.3 Å². The number of likely N-dealkylation sites (tertiary alicyclic amines) is 1. The number of hydrogen-bond donors (Lipinski definition) is 1. The molecule has 1 saturated heterocycles. The average molecular weight is 628 g/mol. The van der Waals surface area contributed by atoms with Crippen molar-refractivity contribution in [3.63, 3.8) is 0 Å². The predicted octanol–water partition coefficient (Wildman–Crippen LogP) is 5.68. The maximum absolute atomic E-state index is 13.3. The minimum absolute atomic E-state index is 0.0257. The van der Waals surface area contributed by atoms with Crippen molar-refractivity contribution in [3.05, 3.63) is 66.0 Å². The third-order valence-corrected chi connectivity index (χ3v) is 10.2. The molecule has 0 aromatic heterocycles. The molecule has 1 aliphatic heterocycles. The number of hydrogen-bond acceptors (Lipinski definition) is 4. The molecule has 15 heteroatoms. The van der Waals surface area contributed by atoms with Crippen LogP contribution in [0.15, 0.2) is 59.5 Å². The molecule has 0 unspecified atom stereocenters. The Morgan fingerprint density at radius 1 is 0.810 bits per heavy atom. The van der Waals surface area contributed by atoms with Gasteiger partial charge in [-0.15, -0.1) is 0 Å². The Bertz CT molecular complexity index is 1390. The van der Waals surface area contributed by atoms with E-state index in [1.165, 1.54) is 18.2 Å². The van der Waals surface area contributed by atoms with E-state index >= 15 is 0 Å². The Morgan fingerprint density at radius 2 is 1.31 bits per heavy atom. The number of alkyl halides is 7. The van der Waals surface area contributed by atoms with Gasteiger partial charge in [-0.25, -0.2) is 17.2 Å². The number of halogens is 8. The van der Waals surface area contributed by atoms with Crippen LogP contribution in [0.2, 0.25) is 0 Å². The summed E-state index contributed by atoms with van der Waals surface area (Å²) in [5, 5.41) is 8.35. The quantitative estimate of drug-likeness (QED) is 0.341. The van der Waals surface area contributed by atoms with Crippen LogP contribution in [0.5, 0.6) is 0 Å². The van der Waals surface area contributed by atoms with Gasteiger partial charge in [-0.2, -0.15) is 26.3 Å². The van der Waals surface area contributed by atoms with Crippen LogP contribution in [0.1, 0.15) is 31.2 Å². The van der Waals surface area contributed by atoms with E-state index in [9.17, 15) is 53.1 Å². The van der Waals surface area contributed by atoms with E-state index in [0.717, 1.165) is 24.3 Å². The first-order valence-electron chi connectivity index (χ1n) is 12.7. The Kier molecular flexibility index (Phi) is 8.15. The molecule has 2 aliphatic carbocycles. The second-order valence-electron chi connectivity index (χ2n) is 10.9. The zero-order valence-corrected chi connectivity index (χ0v) is 22.4. The molecule has 2 aromatic rings. The molecule has 1 spiro atoms. The smallest absolute Gasteiger partial charge is 0.435 e. The minimum Gasteiger partial charge on any atom is -0.481 e. The SMILES string of the molecule is FC(F)(F)C(F)(c1ccccc1)C(F)(F)F.O=C(O)C1CC2(C1)CN(C(=O)C1CC(S(=O)(=O)c3ccc(F)cc3)C1)C2. The van der Waals surface area contributed by atoms with Gasteiger partial charge in [0.15, 0.2) is 9.84 Å². The summed E-state index contributed by atoms with van der Waals surface area (Å²) in [5.74, 6) is -1.87. The normalized spacial score (nSPS) is 22.2.